The first-order chi connectivity index (χ1) is 12.0. The maximum atomic E-state index is 12.5. The van der Waals surface area contributed by atoms with Crippen molar-refractivity contribution >= 4 is 23.7 Å². The van der Waals surface area contributed by atoms with E-state index in [0.29, 0.717) is 17.0 Å². The first-order valence-corrected chi connectivity index (χ1v) is 8.23. The Kier molecular flexibility index (Phi) is 6.28. The van der Waals surface area contributed by atoms with Gasteiger partial charge in [0.05, 0.1) is 19.3 Å². The molecule has 0 aliphatic carbocycles. The summed E-state index contributed by atoms with van der Waals surface area (Å²) in [5.74, 6) is -2.00. The number of methoxy groups -OCH3 is 1. The number of aliphatic imine (C=N–C) groups is 1. The Morgan fingerprint density at radius 3 is 2.48 bits per heavy atom. The first-order valence-electron chi connectivity index (χ1n) is 8.23. The molecule has 25 heavy (non-hydrogen) atoms. The zero-order valence-electron chi connectivity index (χ0n) is 15.0. The monoisotopic (exact) mass is 341 g/mol. The van der Waals surface area contributed by atoms with Crippen molar-refractivity contribution in [2.45, 2.75) is 20.8 Å². The second-order valence-corrected chi connectivity index (χ2v) is 5.77. The van der Waals surface area contributed by atoms with Gasteiger partial charge >= 0.3 is 11.9 Å². The van der Waals surface area contributed by atoms with Gasteiger partial charge in [0.1, 0.15) is 5.92 Å². The molecule has 0 saturated heterocycles. The van der Waals surface area contributed by atoms with Crippen molar-refractivity contribution in [1.29, 1.82) is 0 Å². The molecule has 5 heteroatoms. The van der Waals surface area contributed by atoms with Crippen LogP contribution in [-0.4, -0.2) is 31.4 Å². The molecule has 1 heterocycles. The van der Waals surface area contributed by atoms with Crippen molar-refractivity contribution in [3.8, 4) is 0 Å². The molecule has 2 atom stereocenters. The number of nitrogens with zero attached hydrogens (tertiary/aromatic N) is 1. The van der Waals surface area contributed by atoms with Gasteiger partial charge < -0.3 is 9.47 Å². The fourth-order valence-electron chi connectivity index (χ4n) is 2.99. The second kappa shape index (κ2) is 8.42. The lowest BCUT2D eigenvalue weighted by Crippen LogP contribution is -2.36. The molecule has 1 aliphatic heterocycles. The van der Waals surface area contributed by atoms with E-state index in [9.17, 15) is 9.59 Å². The molecule has 0 aromatic heterocycles. The normalized spacial score (nSPS) is 20.4. The lowest BCUT2D eigenvalue weighted by Gasteiger charge is -2.28. The van der Waals surface area contributed by atoms with E-state index in [1.165, 1.54) is 7.11 Å². The second-order valence-electron chi connectivity index (χ2n) is 5.77. The Labute approximate surface area is 148 Å². The molecule has 5 nitrogen and oxygen atoms in total. The number of carbonyl (C=O) groups excluding carboxylic acids is 2. The van der Waals surface area contributed by atoms with Crippen LogP contribution < -0.4 is 0 Å². The van der Waals surface area contributed by atoms with Crippen LogP contribution in [0.2, 0.25) is 0 Å². The van der Waals surface area contributed by atoms with Gasteiger partial charge in [0, 0.05) is 17.3 Å². The molecule has 2 rings (SSSR count). The van der Waals surface area contributed by atoms with Crippen LogP contribution in [0.25, 0.3) is 6.08 Å². The summed E-state index contributed by atoms with van der Waals surface area (Å²) >= 11 is 0. The van der Waals surface area contributed by atoms with Crippen LogP contribution in [0.1, 0.15) is 26.3 Å². The largest absolute Gasteiger partial charge is 0.468 e. The number of hydrogen-bond donors (Lipinski definition) is 0. The molecule has 0 bridgehead atoms. The van der Waals surface area contributed by atoms with Crippen LogP contribution in [0, 0.1) is 11.8 Å². The van der Waals surface area contributed by atoms with Gasteiger partial charge in [-0.1, -0.05) is 42.5 Å². The predicted octanol–water partition coefficient (Wildman–Crippen LogP) is 3.42. The minimum absolute atomic E-state index is 0.260. The van der Waals surface area contributed by atoms with Gasteiger partial charge in [0.15, 0.2) is 0 Å². The van der Waals surface area contributed by atoms with Gasteiger partial charge in [-0.25, -0.2) is 4.79 Å². The average molecular weight is 341 g/mol. The van der Waals surface area contributed by atoms with Crippen LogP contribution in [0.3, 0.4) is 0 Å². The third-order valence-electron chi connectivity index (χ3n) is 4.12. The smallest absolute Gasteiger partial charge is 0.336 e. The lowest BCUT2D eigenvalue weighted by atomic mass is 9.79. The van der Waals surface area contributed by atoms with Gasteiger partial charge in [0.25, 0.3) is 0 Å². The lowest BCUT2D eigenvalue weighted by molar-refractivity contribution is -0.144. The van der Waals surface area contributed by atoms with Gasteiger partial charge in [0.2, 0.25) is 0 Å². The number of hydrogen-bond acceptors (Lipinski definition) is 5. The summed E-state index contributed by atoms with van der Waals surface area (Å²) in [6.07, 6.45) is 3.75. The predicted molar refractivity (Wildman–Crippen MR) is 96.9 cm³/mol. The Morgan fingerprint density at radius 2 is 1.88 bits per heavy atom. The Morgan fingerprint density at radius 1 is 1.20 bits per heavy atom. The topological polar surface area (TPSA) is 65.0 Å². The van der Waals surface area contributed by atoms with Crippen LogP contribution >= 0.6 is 0 Å². The highest BCUT2D eigenvalue weighted by Crippen LogP contribution is 2.34. The Bertz CT molecular complexity index is 731. The summed E-state index contributed by atoms with van der Waals surface area (Å²) in [7, 11) is 1.34. The summed E-state index contributed by atoms with van der Waals surface area (Å²) in [5, 5.41) is 0. The number of rotatable bonds is 5. The summed E-state index contributed by atoms with van der Waals surface area (Å²) in [6, 6.07) is 9.69. The van der Waals surface area contributed by atoms with Crippen molar-refractivity contribution < 1.29 is 19.1 Å². The van der Waals surface area contributed by atoms with E-state index in [0.717, 1.165) is 5.56 Å². The number of carbonyl (C=O) groups is 2. The number of benzene rings is 1. The minimum Gasteiger partial charge on any atom is -0.468 e. The Balaban J connectivity index is 2.48. The van der Waals surface area contributed by atoms with Gasteiger partial charge in [-0.05, 0) is 26.3 Å². The van der Waals surface area contributed by atoms with Crippen LogP contribution in [0.4, 0.5) is 0 Å². The molecule has 1 aromatic rings. The van der Waals surface area contributed by atoms with E-state index in [4.69, 9.17) is 9.47 Å². The molecule has 0 fully saturated rings. The fraction of sp³-hybridized carbons (Fsp3) is 0.350. The van der Waals surface area contributed by atoms with Gasteiger partial charge in [-0.15, -0.1) is 0 Å². The SMILES string of the molecule is CCOC(=O)C1=C(C)N=C(C)C(C(=O)OC)[C@H]1C=Cc1ccccc1. The summed E-state index contributed by atoms with van der Waals surface area (Å²) in [5.41, 5.74) is 2.57. The van der Waals surface area contributed by atoms with Crippen LogP contribution in [0.5, 0.6) is 0 Å². The summed E-state index contributed by atoms with van der Waals surface area (Å²) < 4.78 is 10.1. The quantitative estimate of drug-likeness (QED) is 0.770. The minimum atomic E-state index is -0.645. The molecule has 0 N–H and O–H groups in total. The zero-order chi connectivity index (χ0) is 18.4. The highest BCUT2D eigenvalue weighted by molar-refractivity contribution is 6.06. The van der Waals surface area contributed by atoms with Crippen LogP contribution in [-0.2, 0) is 19.1 Å². The van der Waals surface area contributed by atoms with E-state index in [2.05, 4.69) is 4.99 Å². The Hall–Kier alpha value is -2.69. The molecule has 0 saturated carbocycles. The van der Waals surface area contributed by atoms with Crippen molar-refractivity contribution in [2.75, 3.05) is 13.7 Å². The standard InChI is InChI=1S/C20H23NO4/c1-5-25-20(23)18-14(3)21-13(2)17(19(22)24-4)16(18)12-11-15-9-7-6-8-10-15/h6-12,16-17H,5H2,1-4H3/t16-,17?/m1/s1. The maximum absolute atomic E-state index is 12.5. The van der Waals surface area contributed by atoms with Crippen LogP contribution in [0.15, 0.2) is 52.7 Å². The third kappa shape index (κ3) is 4.24. The van der Waals surface area contributed by atoms with E-state index >= 15 is 0 Å². The highest BCUT2D eigenvalue weighted by Gasteiger charge is 2.39. The molecule has 0 spiro atoms. The van der Waals surface area contributed by atoms with E-state index in [-0.39, 0.29) is 6.61 Å². The number of ether oxygens (including phenoxy) is 2. The fourth-order valence-corrected chi connectivity index (χ4v) is 2.99. The van der Waals surface area contributed by atoms with Crippen molar-refractivity contribution in [3.05, 3.63) is 53.2 Å². The first kappa shape index (κ1) is 18.6. The maximum Gasteiger partial charge on any atom is 0.336 e. The number of esters is 2. The molecular weight excluding hydrogens is 318 g/mol. The van der Waals surface area contributed by atoms with E-state index in [1.54, 1.807) is 20.8 Å². The zero-order valence-corrected chi connectivity index (χ0v) is 15.0. The third-order valence-corrected chi connectivity index (χ3v) is 4.12. The molecule has 1 aliphatic rings. The molecule has 0 amide bonds. The average Bonchev–Trinajstić information content (AvgIpc) is 2.60. The molecule has 132 valence electrons. The van der Waals surface area contributed by atoms with Crippen molar-refractivity contribution in [1.82, 2.24) is 0 Å². The van der Waals surface area contributed by atoms with E-state index in [1.807, 2.05) is 42.5 Å². The number of allylic oxidation sites excluding steroid dienone is 2. The summed E-state index contributed by atoms with van der Waals surface area (Å²) in [4.78, 5) is 29.2. The molecular formula is C20H23NO4. The van der Waals surface area contributed by atoms with Crippen molar-refractivity contribution in [2.24, 2.45) is 16.8 Å². The summed E-state index contributed by atoms with van der Waals surface area (Å²) in [6.45, 7) is 5.54. The molecule has 1 aromatic carbocycles. The van der Waals surface area contributed by atoms with E-state index < -0.39 is 23.8 Å². The van der Waals surface area contributed by atoms with Gasteiger partial charge in [-0.2, -0.15) is 0 Å². The van der Waals surface area contributed by atoms with Gasteiger partial charge in [-0.3, -0.25) is 9.79 Å². The highest BCUT2D eigenvalue weighted by atomic mass is 16.5. The molecule has 0 radical (unpaired) electrons. The van der Waals surface area contributed by atoms with Crippen molar-refractivity contribution in [3.63, 3.8) is 0 Å². The molecule has 1 unspecified atom stereocenters.